The van der Waals surface area contributed by atoms with Crippen LogP contribution in [0.1, 0.15) is 24.3 Å². The number of nitrogens with one attached hydrogen (secondary N) is 2. The Hall–Kier alpha value is -2.89. The molecule has 0 atom stereocenters. The van der Waals surface area contributed by atoms with Gasteiger partial charge in [0.05, 0.1) is 18.3 Å². The van der Waals surface area contributed by atoms with Gasteiger partial charge in [0.1, 0.15) is 5.69 Å². The van der Waals surface area contributed by atoms with Gasteiger partial charge in [0.2, 0.25) is 5.91 Å². The highest BCUT2D eigenvalue weighted by Crippen LogP contribution is 2.28. The molecule has 22 heavy (non-hydrogen) atoms. The van der Waals surface area contributed by atoms with Crippen molar-refractivity contribution < 1.29 is 14.3 Å². The fourth-order valence-corrected chi connectivity index (χ4v) is 2.40. The van der Waals surface area contributed by atoms with Gasteiger partial charge in [-0.1, -0.05) is 0 Å². The number of fused-ring (bicyclic) bond motifs is 3. The number of carbonyl (C=O) groups is 2. The number of hydrogen-bond acceptors (Lipinski definition) is 4. The summed E-state index contributed by atoms with van der Waals surface area (Å²) in [6, 6.07) is 7.26. The molecule has 3 rings (SSSR count). The maximum absolute atomic E-state index is 11.8. The predicted octanol–water partition coefficient (Wildman–Crippen LogP) is 2.85. The summed E-state index contributed by atoms with van der Waals surface area (Å²) in [4.78, 5) is 30.3. The molecule has 0 aliphatic heterocycles. The van der Waals surface area contributed by atoms with Crippen molar-refractivity contribution in [3.63, 3.8) is 0 Å². The van der Waals surface area contributed by atoms with Crippen molar-refractivity contribution in [1.29, 1.82) is 0 Å². The van der Waals surface area contributed by atoms with E-state index in [9.17, 15) is 9.59 Å². The maximum atomic E-state index is 11.8. The number of rotatable bonds is 3. The summed E-state index contributed by atoms with van der Waals surface area (Å²) in [7, 11) is 0. The maximum Gasteiger partial charge on any atom is 0.356 e. The number of pyridine rings is 1. The fraction of sp³-hybridized carbons (Fsp3) is 0.188. The molecule has 6 nitrogen and oxygen atoms in total. The van der Waals surface area contributed by atoms with Gasteiger partial charge < -0.3 is 15.0 Å². The molecule has 0 fully saturated rings. The fourth-order valence-electron chi connectivity index (χ4n) is 2.40. The van der Waals surface area contributed by atoms with Crippen LogP contribution in [0.3, 0.4) is 0 Å². The summed E-state index contributed by atoms with van der Waals surface area (Å²) in [5.41, 5.74) is 2.70. The third kappa shape index (κ3) is 2.50. The first-order chi connectivity index (χ1) is 10.6. The van der Waals surface area contributed by atoms with E-state index in [1.165, 1.54) is 6.92 Å². The lowest BCUT2D eigenvalue weighted by Gasteiger charge is -2.02. The van der Waals surface area contributed by atoms with Crippen molar-refractivity contribution in [2.45, 2.75) is 13.8 Å². The van der Waals surface area contributed by atoms with Crippen LogP contribution in [-0.4, -0.2) is 28.5 Å². The summed E-state index contributed by atoms with van der Waals surface area (Å²) in [6.07, 6.45) is 1.61. The Bertz CT molecular complexity index is 883. The highest BCUT2D eigenvalue weighted by atomic mass is 16.5. The van der Waals surface area contributed by atoms with Crippen LogP contribution in [0.5, 0.6) is 0 Å². The van der Waals surface area contributed by atoms with Gasteiger partial charge in [-0.2, -0.15) is 0 Å². The van der Waals surface area contributed by atoms with E-state index >= 15 is 0 Å². The molecular formula is C16H15N3O3. The number of amides is 1. The SMILES string of the molecule is CCOC(=O)c1cc2c(cn1)[nH]c1ccc(NC(C)=O)cc12. The van der Waals surface area contributed by atoms with Crippen molar-refractivity contribution in [3.05, 3.63) is 36.2 Å². The van der Waals surface area contributed by atoms with Gasteiger partial charge in [-0.25, -0.2) is 9.78 Å². The smallest absolute Gasteiger partial charge is 0.356 e. The molecule has 0 aliphatic rings. The zero-order valence-corrected chi connectivity index (χ0v) is 12.3. The quantitative estimate of drug-likeness (QED) is 0.728. The first-order valence-electron chi connectivity index (χ1n) is 6.94. The summed E-state index contributed by atoms with van der Waals surface area (Å²) < 4.78 is 4.97. The molecule has 2 heterocycles. The van der Waals surface area contributed by atoms with Crippen LogP contribution in [0.25, 0.3) is 21.8 Å². The molecule has 0 spiro atoms. The largest absolute Gasteiger partial charge is 0.461 e. The third-order valence-electron chi connectivity index (χ3n) is 3.29. The first-order valence-corrected chi connectivity index (χ1v) is 6.94. The molecule has 0 saturated carbocycles. The van der Waals surface area contributed by atoms with Crippen LogP contribution >= 0.6 is 0 Å². The van der Waals surface area contributed by atoms with E-state index in [0.29, 0.717) is 12.3 Å². The normalized spacial score (nSPS) is 10.8. The Morgan fingerprint density at radius 3 is 2.73 bits per heavy atom. The lowest BCUT2D eigenvalue weighted by molar-refractivity contribution is -0.114. The van der Waals surface area contributed by atoms with E-state index in [-0.39, 0.29) is 11.6 Å². The van der Waals surface area contributed by atoms with E-state index in [2.05, 4.69) is 15.3 Å². The van der Waals surface area contributed by atoms with Gasteiger partial charge in [0.15, 0.2) is 0 Å². The highest BCUT2D eigenvalue weighted by molar-refractivity contribution is 6.10. The molecule has 6 heteroatoms. The van der Waals surface area contributed by atoms with Crippen LogP contribution in [0.15, 0.2) is 30.5 Å². The summed E-state index contributed by atoms with van der Waals surface area (Å²) >= 11 is 0. The number of H-pyrrole nitrogens is 1. The van der Waals surface area contributed by atoms with Crippen molar-refractivity contribution in [1.82, 2.24) is 9.97 Å². The van der Waals surface area contributed by atoms with Crippen molar-refractivity contribution in [2.24, 2.45) is 0 Å². The number of aromatic nitrogens is 2. The second-order valence-electron chi connectivity index (χ2n) is 4.90. The van der Waals surface area contributed by atoms with E-state index in [4.69, 9.17) is 4.74 Å². The molecule has 0 bridgehead atoms. The van der Waals surface area contributed by atoms with Crippen LogP contribution in [0, 0.1) is 0 Å². The lowest BCUT2D eigenvalue weighted by atomic mass is 10.1. The van der Waals surface area contributed by atoms with Crippen molar-refractivity contribution >= 4 is 39.4 Å². The minimum Gasteiger partial charge on any atom is -0.461 e. The Balaban J connectivity index is 2.14. The van der Waals surface area contributed by atoms with Crippen LogP contribution in [0.2, 0.25) is 0 Å². The Labute approximate surface area is 126 Å². The number of carbonyl (C=O) groups excluding carboxylic acids is 2. The van der Waals surface area contributed by atoms with E-state index in [0.717, 1.165) is 21.8 Å². The van der Waals surface area contributed by atoms with Gasteiger partial charge in [-0.05, 0) is 31.2 Å². The Morgan fingerprint density at radius 1 is 1.23 bits per heavy atom. The van der Waals surface area contributed by atoms with Gasteiger partial charge in [-0.3, -0.25) is 4.79 Å². The topological polar surface area (TPSA) is 84.1 Å². The van der Waals surface area contributed by atoms with E-state index in [1.54, 1.807) is 19.2 Å². The second kappa shape index (κ2) is 5.48. The monoisotopic (exact) mass is 297 g/mol. The molecule has 2 aromatic heterocycles. The van der Waals surface area contributed by atoms with Crippen LogP contribution in [-0.2, 0) is 9.53 Å². The molecule has 0 aliphatic carbocycles. The summed E-state index contributed by atoms with van der Waals surface area (Å²) in [6.45, 7) is 3.52. The number of ether oxygens (including phenoxy) is 1. The Morgan fingerprint density at radius 2 is 2.00 bits per heavy atom. The number of esters is 1. The zero-order chi connectivity index (χ0) is 15.7. The van der Waals surface area contributed by atoms with Crippen molar-refractivity contribution in [2.75, 3.05) is 11.9 Å². The van der Waals surface area contributed by atoms with Crippen LogP contribution < -0.4 is 5.32 Å². The summed E-state index contributed by atoms with van der Waals surface area (Å²) in [5, 5.41) is 4.52. The van der Waals surface area contributed by atoms with Crippen LogP contribution in [0.4, 0.5) is 5.69 Å². The number of nitrogens with zero attached hydrogens (tertiary/aromatic N) is 1. The van der Waals surface area contributed by atoms with Gasteiger partial charge >= 0.3 is 5.97 Å². The molecule has 1 amide bonds. The standard InChI is InChI=1S/C16H15N3O3/c1-3-22-16(21)14-7-12-11-6-10(18-9(2)20)4-5-13(11)19-15(12)8-17-14/h4-8,19H,3H2,1-2H3,(H,18,20). The van der Waals surface area contributed by atoms with E-state index in [1.807, 2.05) is 18.2 Å². The van der Waals surface area contributed by atoms with Gasteiger partial charge in [0, 0.05) is 28.9 Å². The molecule has 2 N–H and O–H groups in total. The molecule has 112 valence electrons. The molecular weight excluding hydrogens is 282 g/mol. The number of aromatic amines is 1. The molecule has 3 aromatic rings. The molecule has 1 aromatic carbocycles. The molecule has 0 radical (unpaired) electrons. The summed E-state index contributed by atoms with van der Waals surface area (Å²) in [5.74, 6) is -0.579. The minimum atomic E-state index is -0.447. The first kappa shape index (κ1) is 14.1. The number of anilines is 1. The zero-order valence-electron chi connectivity index (χ0n) is 12.3. The van der Waals surface area contributed by atoms with Gasteiger partial charge in [-0.15, -0.1) is 0 Å². The number of benzene rings is 1. The Kier molecular flexibility index (Phi) is 3.50. The lowest BCUT2D eigenvalue weighted by Crippen LogP contribution is -2.06. The second-order valence-corrected chi connectivity index (χ2v) is 4.90. The number of hydrogen-bond donors (Lipinski definition) is 2. The molecule has 0 unspecified atom stereocenters. The average Bonchev–Trinajstić information content (AvgIpc) is 2.84. The minimum absolute atomic E-state index is 0.131. The predicted molar refractivity (Wildman–Crippen MR) is 83.9 cm³/mol. The third-order valence-corrected chi connectivity index (χ3v) is 3.29. The van der Waals surface area contributed by atoms with Crippen molar-refractivity contribution in [3.8, 4) is 0 Å². The van der Waals surface area contributed by atoms with E-state index < -0.39 is 5.97 Å². The van der Waals surface area contributed by atoms with Gasteiger partial charge in [0.25, 0.3) is 0 Å². The highest BCUT2D eigenvalue weighted by Gasteiger charge is 2.12. The molecule has 0 saturated heterocycles. The average molecular weight is 297 g/mol.